The largest absolute Gasteiger partial charge is 0.351 e. The maximum absolute atomic E-state index is 12.2. The molecule has 0 saturated carbocycles. The van der Waals surface area contributed by atoms with E-state index in [0.29, 0.717) is 0 Å². The zero-order chi connectivity index (χ0) is 16.9. The highest BCUT2D eigenvalue weighted by Gasteiger charge is 2.12. The van der Waals surface area contributed by atoms with Gasteiger partial charge in [0.25, 0.3) is 5.91 Å². The molecule has 1 heterocycles. The summed E-state index contributed by atoms with van der Waals surface area (Å²) in [5, 5.41) is 3.02. The summed E-state index contributed by atoms with van der Waals surface area (Å²) in [5.41, 5.74) is 3.32. The van der Waals surface area contributed by atoms with Gasteiger partial charge in [0, 0.05) is 18.7 Å². The maximum Gasteiger partial charge on any atom is 0.251 e. The van der Waals surface area contributed by atoms with Crippen LogP contribution in [-0.2, 0) is 0 Å². The van der Waals surface area contributed by atoms with Gasteiger partial charge < -0.3 is 10.2 Å². The summed E-state index contributed by atoms with van der Waals surface area (Å²) in [4.78, 5) is 14.6. The molecule has 1 amide bonds. The van der Waals surface area contributed by atoms with Gasteiger partial charge in [0.05, 0.1) is 0 Å². The third-order valence-corrected chi connectivity index (χ3v) is 4.16. The fraction of sp³-hybridized carbons (Fsp3) is 0.550. The van der Waals surface area contributed by atoms with E-state index in [1.807, 2.05) is 24.3 Å². The lowest BCUT2D eigenvalue weighted by Crippen LogP contribution is -2.33. The fourth-order valence-electron chi connectivity index (χ4n) is 3.05. The van der Waals surface area contributed by atoms with Crippen molar-refractivity contribution in [3.8, 4) is 0 Å². The van der Waals surface area contributed by atoms with Crippen LogP contribution in [0.1, 0.15) is 56.5 Å². The number of amides is 1. The Labute approximate surface area is 140 Å². The highest BCUT2D eigenvalue weighted by Crippen LogP contribution is 2.23. The van der Waals surface area contributed by atoms with Crippen LogP contribution in [0.2, 0.25) is 0 Å². The summed E-state index contributed by atoms with van der Waals surface area (Å²) in [7, 11) is 0. The number of benzene rings is 1. The number of allylic oxidation sites excluding steroid dienone is 2. The van der Waals surface area contributed by atoms with Gasteiger partial charge in [-0.2, -0.15) is 0 Å². The van der Waals surface area contributed by atoms with Crippen molar-refractivity contribution in [2.75, 3.05) is 26.2 Å². The molecule has 1 N–H and O–H groups in total. The molecule has 1 fully saturated rings. The Hall–Kier alpha value is -1.61. The number of carbonyl (C=O) groups excluding carboxylic acids is 1. The van der Waals surface area contributed by atoms with Gasteiger partial charge in [0.1, 0.15) is 0 Å². The lowest BCUT2D eigenvalue weighted by Gasteiger charge is -2.15. The van der Waals surface area contributed by atoms with Crippen LogP contribution in [0.25, 0.3) is 5.57 Å². The van der Waals surface area contributed by atoms with Crippen LogP contribution in [0.5, 0.6) is 0 Å². The summed E-state index contributed by atoms with van der Waals surface area (Å²) in [6.45, 7) is 12.7. The molecule has 0 radical (unpaired) electrons. The molecule has 0 atom stereocenters. The van der Waals surface area contributed by atoms with E-state index in [0.717, 1.165) is 18.7 Å². The molecule has 0 aliphatic carbocycles. The van der Waals surface area contributed by atoms with E-state index in [2.05, 4.69) is 44.0 Å². The highest BCUT2D eigenvalue weighted by molar-refractivity contribution is 5.94. The molecule has 23 heavy (non-hydrogen) atoms. The van der Waals surface area contributed by atoms with Crippen molar-refractivity contribution in [2.24, 2.45) is 5.41 Å². The van der Waals surface area contributed by atoms with Gasteiger partial charge in [-0.25, -0.2) is 0 Å². The number of likely N-dealkylation sites (tertiary alicyclic amines) is 1. The summed E-state index contributed by atoms with van der Waals surface area (Å²) in [5.74, 6) is 0.0215. The first-order chi connectivity index (χ1) is 10.8. The van der Waals surface area contributed by atoms with E-state index in [9.17, 15) is 4.79 Å². The van der Waals surface area contributed by atoms with E-state index >= 15 is 0 Å². The topological polar surface area (TPSA) is 32.3 Å². The first-order valence-electron chi connectivity index (χ1n) is 8.66. The van der Waals surface area contributed by atoms with Crippen molar-refractivity contribution in [3.63, 3.8) is 0 Å². The molecule has 1 saturated heterocycles. The van der Waals surface area contributed by atoms with E-state index in [1.165, 1.54) is 37.1 Å². The Morgan fingerprint density at radius 1 is 1.13 bits per heavy atom. The third kappa shape index (κ3) is 5.83. The molecular formula is C20H30N2O. The van der Waals surface area contributed by atoms with Gasteiger partial charge in [0.2, 0.25) is 0 Å². The zero-order valence-corrected chi connectivity index (χ0v) is 15.0. The molecule has 0 bridgehead atoms. The van der Waals surface area contributed by atoms with E-state index in [-0.39, 0.29) is 11.3 Å². The number of hydrogen-bond donors (Lipinski definition) is 1. The van der Waals surface area contributed by atoms with Gasteiger partial charge in [-0.15, -0.1) is 0 Å². The minimum Gasteiger partial charge on any atom is -0.351 e. The minimum atomic E-state index is 0.0215. The number of carbonyl (C=O) groups is 1. The van der Waals surface area contributed by atoms with Crippen LogP contribution in [0.3, 0.4) is 0 Å². The quantitative estimate of drug-likeness (QED) is 0.892. The lowest BCUT2D eigenvalue weighted by molar-refractivity contribution is 0.0950. The van der Waals surface area contributed by atoms with Crippen molar-refractivity contribution >= 4 is 11.5 Å². The maximum atomic E-state index is 12.2. The van der Waals surface area contributed by atoms with Crippen molar-refractivity contribution in [1.82, 2.24) is 10.2 Å². The molecule has 2 rings (SSSR count). The lowest BCUT2D eigenvalue weighted by atomic mass is 9.91. The van der Waals surface area contributed by atoms with Crippen LogP contribution >= 0.6 is 0 Å². The third-order valence-electron chi connectivity index (χ3n) is 4.16. The minimum absolute atomic E-state index is 0.0215. The molecular weight excluding hydrogens is 284 g/mol. The molecule has 0 aromatic heterocycles. The summed E-state index contributed by atoms with van der Waals surface area (Å²) < 4.78 is 0. The molecule has 1 aromatic carbocycles. The Morgan fingerprint density at radius 2 is 1.70 bits per heavy atom. The first kappa shape index (κ1) is 17.7. The first-order valence-corrected chi connectivity index (χ1v) is 8.66. The van der Waals surface area contributed by atoms with E-state index in [1.54, 1.807) is 0 Å². The average molecular weight is 314 g/mol. The fourth-order valence-corrected chi connectivity index (χ4v) is 3.05. The summed E-state index contributed by atoms with van der Waals surface area (Å²) in [6.07, 6.45) is 4.84. The molecule has 1 aromatic rings. The summed E-state index contributed by atoms with van der Waals surface area (Å²) >= 11 is 0. The Kier molecular flexibility index (Phi) is 6.00. The second-order valence-corrected chi connectivity index (χ2v) is 7.58. The molecule has 126 valence electrons. The Morgan fingerprint density at radius 3 is 2.26 bits per heavy atom. The normalized spacial score (nSPS) is 16.6. The second-order valence-electron chi connectivity index (χ2n) is 7.58. The number of nitrogens with one attached hydrogen (secondary N) is 1. The molecule has 0 unspecified atom stereocenters. The molecule has 0 spiro atoms. The predicted molar refractivity (Wildman–Crippen MR) is 97.6 cm³/mol. The number of nitrogens with zero attached hydrogens (tertiary/aromatic N) is 1. The van der Waals surface area contributed by atoms with Gasteiger partial charge in [0.15, 0.2) is 0 Å². The predicted octanol–water partition coefficient (Wildman–Crippen LogP) is 3.96. The highest BCUT2D eigenvalue weighted by atomic mass is 16.1. The Bertz CT molecular complexity index is 546. The van der Waals surface area contributed by atoms with Crippen molar-refractivity contribution in [1.29, 1.82) is 0 Å². The van der Waals surface area contributed by atoms with Crippen LogP contribution < -0.4 is 5.32 Å². The van der Waals surface area contributed by atoms with Gasteiger partial charge in [-0.05, 0) is 61.5 Å². The van der Waals surface area contributed by atoms with Gasteiger partial charge >= 0.3 is 0 Å². The van der Waals surface area contributed by atoms with Crippen LogP contribution in [0.4, 0.5) is 0 Å². The number of rotatable bonds is 5. The van der Waals surface area contributed by atoms with Crippen molar-refractivity contribution in [3.05, 3.63) is 41.5 Å². The molecule has 1 aliphatic heterocycles. The zero-order valence-electron chi connectivity index (χ0n) is 15.0. The smallest absolute Gasteiger partial charge is 0.251 e. The average Bonchev–Trinajstić information content (AvgIpc) is 2.99. The molecule has 3 heteroatoms. The monoisotopic (exact) mass is 314 g/mol. The number of hydrogen-bond acceptors (Lipinski definition) is 2. The van der Waals surface area contributed by atoms with Gasteiger partial charge in [-0.1, -0.05) is 39.0 Å². The standard InChI is InChI=1S/C20H30N2O/c1-16(15-20(2,3)4)17-7-9-18(10-8-17)19(23)21-11-14-22-12-5-6-13-22/h7-10,15H,5-6,11-14H2,1-4H3,(H,21,23). The second kappa shape index (κ2) is 7.78. The van der Waals surface area contributed by atoms with Crippen molar-refractivity contribution < 1.29 is 4.79 Å². The van der Waals surface area contributed by atoms with Crippen molar-refractivity contribution in [2.45, 2.75) is 40.5 Å². The van der Waals surface area contributed by atoms with E-state index in [4.69, 9.17) is 0 Å². The summed E-state index contributed by atoms with van der Waals surface area (Å²) in [6, 6.07) is 7.90. The SMILES string of the molecule is CC(=CC(C)(C)C)c1ccc(C(=O)NCCN2CCCC2)cc1. The van der Waals surface area contributed by atoms with Crippen LogP contribution in [0.15, 0.2) is 30.3 Å². The van der Waals surface area contributed by atoms with Gasteiger partial charge in [-0.3, -0.25) is 4.79 Å². The van der Waals surface area contributed by atoms with Crippen LogP contribution in [-0.4, -0.2) is 37.0 Å². The molecule has 3 nitrogen and oxygen atoms in total. The van der Waals surface area contributed by atoms with Crippen LogP contribution in [0, 0.1) is 5.41 Å². The molecule has 1 aliphatic rings. The van der Waals surface area contributed by atoms with E-state index < -0.39 is 0 Å². The Balaban J connectivity index is 1.88.